The highest BCUT2D eigenvalue weighted by Crippen LogP contribution is 2.05. The van der Waals surface area contributed by atoms with E-state index in [4.69, 9.17) is 5.26 Å². The number of nitro groups is 1. The standard InChI is InChI=1S/C9H7N2O2/c10-7-9-3-1-8(2-4-9)5-6-11(12)13/h1-5H,6H2. The minimum Gasteiger partial charge on any atom is -0.265 e. The lowest BCUT2D eigenvalue weighted by Gasteiger charge is -1.95. The van der Waals surface area contributed by atoms with E-state index >= 15 is 0 Å². The van der Waals surface area contributed by atoms with E-state index in [0.29, 0.717) is 5.56 Å². The fraction of sp³-hybridized carbons (Fsp3) is 0.111. The summed E-state index contributed by atoms with van der Waals surface area (Å²) >= 11 is 0. The van der Waals surface area contributed by atoms with Crippen molar-refractivity contribution in [2.45, 2.75) is 0 Å². The minimum atomic E-state index is -0.405. The molecule has 0 heterocycles. The predicted molar refractivity (Wildman–Crippen MR) is 46.4 cm³/mol. The fourth-order valence-corrected chi connectivity index (χ4v) is 0.874. The topological polar surface area (TPSA) is 66.9 Å². The maximum Gasteiger partial charge on any atom is 0.211 e. The van der Waals surface area contributed by atoms with Crippen molar-refractivity contribution in [1.82, 2.24) is 0 Å². The largest absolute Gasteiger partial charge is 0.265 e. The Bertz CT molecular complexity index is 338. The Morgan fingerprint density at radius 1 is 1.46 bits per heavy atom. The van der Waals surface area contributed by atoms with Crippen molar-refractivity contribution in [2.24, 2.45) is 0 Å². The van der Waals surface area contributed by atoms with Crippen molar-refractivity contribution in [3.63, 3.8) is 0 Å². The molecule has 0 saturated carbocycles. The molecule has 0 spiro atoms. The molecule has 1 aromatic rings. The maximum atomic E-state index is 10.0. The molecule has 1 rings (SSSR count). The summed E-state index contributed by atoms with van der Waals surface area (Å²) in [7, 11) is 0. The number of rotatable bonds is 3. The van der Waals surface area contributed by atoms with Gasteiger partial charge in [-0.2, -0.15) is 5.26 Å². The van der Waals surface area contributed by atoms with Crippen LogP contribution >= 0.6 is 0 Å². The Hall–Kier alpha value is -1.89. The van der Waals surface area contributed by atoms with Crippen LogP contribution in [0.5, 0.6) is 0 Å². The summed E-state index contributed by atoms with van der Waals surface area (Å²) in [5.41, 5.74) is 1.31. The van der Waals surface area contributed by atoms with E-state index in [1.165, 1.54) is 6.42 Å². The molecular formula is C9H7N2O2. The monoisotopic (exact) mass is 175 g/mol. The zero-order valence-electron chi connectivity index (χ0n) is 6.80. The van der Waals surface area contributed by atoms with Gasteiger partial charge in [0.1, 0.15) is 0 Å². The minimum absolute atomic E-state index is 0.189. The SMILES string of the molecule is N#Cc1ccc([CH]C[N+](=O)[O-])cc1. The molecule has 0 bridgehead atoms. The van der Waals surface area contributed by atoms with Gasteiger partial charge in [-0.3, -0.25) is 10.1 Å². The van der Waals surface area contributed by atoms with E-state index in [1.54, 1.807) is 24.3 Å². The normalized spacial score (nSPS) is 9.15. The third kappa shape index (κ3) is 2.91. The first kappa shape index (κ1) is 9.20. The van der Waals surface area contributed by atoms with Crippen molar-refractivity contribution >= 4 is 0 Å². The highest BCUT2D eigenvalue weighted by molar-refractivity contribution is 5.34. The molecule has 13 heavy (non-hydrogen) atoms. The molecule has 0 unspecified atom stereocenters. The van der Waals surface area contributed by atoms with Crippen LogP contribution in [0, 0.1) is 27.9 Å². The van der Waals surface area contributed by atoms with Gasteiger partial charge in [-0.25, -0.2) is 0 Å². The molecule has 0 amide bonds. The van der Waals surface area contributed by atoms with E-state index in [0.717, 1.165) is 5.56 Å². The zero-order chi connectivity index (χ0) is 9.68. The molecule has 65 valence electrons. The Morgan fingerprint density at radius 2 is 2.08 bits per heavy atom. The van der Waals surface area contributed by atoms with Gasteiger partial charge >= 0.3 is 0 Å². The van der Waals surface area contributed by atoms with Gasteiger partial charge in [0.2, 0.25) is 6.54 Å². The van der Waals surface area contributed by atoms with Crippen LogP contribution in [-0.2, 0) is 0 Å². The van der Waals surface area contributed by atoms with Crippen LogP contribution in [0.1, 0.15) is 11.1 Å². The highest BCUT2D eigenvalue weighted by Gasteiger charge is 1.99. The van der Waals surface area contributed by atoms with Gasteiger partial charge in [-0.1, -0.05) is 12.1 Å². The number of hydrogen-bond acceptors (Lipinski definition) is 3. The second-order valence-corrected chi connectivity index (χ2v) is 2.45. The van der Waals surface area contributed by atoms with E-state index in [9.17, 15) is 10.1 Å². The van der Waals surface area contributed by atoms with Gasteiger partial charge in [0.05, 0.1) is 18.1 Å². The molecule has 0 aromatic heterocycles. The summed E-state index contributed by atoms with van der Waals surface area (Å²) in [6.07, 6.45) is 1.50. The van der Waals surface area contributed by atoms with Crippen molar-refractivity contribution in [3.05, 3.63) is 51.9 Å². The molecule has 0 saturated heterocycles. The van der Waals surface area contributed by atoms with Crippen LogP contribution in [0.2, 0.25) is 0 Å². The molecule has 0 aliphatic heterocycles. The first-order valence-corrected chi connectivity index (χ1v) is 3.67. The highest BCUT2D eigenvalue weighted by atomic mass is 16.6. The Balaban J connectivity index is 2.60. The van der Waals surface area contributed by atoms with Crippen LogP contribution < -0.4 is 0 Å². The average molecular weight is 175 g/mol. The molecule has 1 radical (unpaired) electrons. The second kappa shape index (κ2) is 4.21. The van der Waals surface area contributed by atoms with Gasteiger partial charge in [-0.05, 0) is 17.7 Å². The molecule has 0 fully saturated rings. The molecule has 0 aliphatic rings. The maximum absolute atomic E-state index is 10.0. The van der Waals surface area contributed by atoms with Crippen LogP contribution in [0.25, 0.3) is 0 Å². The lowest BCUT2D eigenvalue weighted by atomic mass is 10.1. The zero-order valence-corrected chi connectivity index (χ0v) is 6.80. The molecule has 0 N–H and O–H groups in total. The summed E-state index contributed by atoms with van der Waals surface area (Å²) < 4.78 is 0. The molecule has 4 heteroatoms. The van der Waals surface area contributed by atoms with Crippen molar-refractivity contribution < 1.29 is 4.92 Å². The third-order valence-corrected chi connectivity index (χ3v) is 1.52. The van der Waals surface area contributed by atoms with E-state index in [2.05, 4.69) is 0 Å². The Labute approximate surface area is 75.6 Å². The number of benzene rings is 1. The molecule has 1 aromatic carbocycles. The summed E-state index contributed by atoms with van der Waals surface area (Å²) in [4.78, 5) is 9.61. The predicted octanol–water partition coefficient (Wildman–Crippen LogP) is 1.39. The van der Waals surface area contributed by atoms with E-state index in [-0.39, 0.29) is 6.54 Å². The number of nitriles is 1. The van der Waals surface area contributed by atoms with Crippen molar-refractivity contribution in [2.75, 3.05) is 6.54 Å². The van der Waals surface area contributed by atoms with Gasteiger partial charge in [0.25, 0.3) is 0 Å². The Morgan fingerprint density at radius 3 is 2.54 bits per heavy atom. The summed E-state index contributed by atoms with van der Waals surface area (Å²) in [6.45, 7) is -0.189. The second-order valence-electron chi connectivity index (χ2n) is 2.45. The molecule has 0 aliphatic carbocycles. The van der Waals surface area contributed by atoms with Gasteiger partial charge < -0.3 is 0 Å². The summed E-state index contributed by atoms with van der Waals surface area (Å²) in [5, 5.41) is 18.5. The van der Waals surface area contributed by atoms with Crippen LogP contribution in [0.15, 0.2) is 24.3 Å². The van der Waals surface area contributed by atoms with Gasteiger partial charge in [0.15, 0.2) is 0 Å². The quantitative estimate of drug-likeness (QED) is 0.515. The molecule has 4 nitrogen and oxygen atoms in total. The lowest BCUT2D eigenvalue weighted by molar-refractivity contribution is -0.471. The van der Waals surface area contributed by atoms with Crippen molar-refractivity contribution in [3.8, 4) is 6.07 Å². The Kier molecular flexibility index (Phi) is 2.98. The van der Waals surface area contributed by atoms with Crippen LogP contribution in [-0.4, -0.2) is 11.5 Å². The molecule has 0 atom stereocenters. The fourth-order valence-electron chi connectivity index (χ4n) is 0.874. The first-order chi connectivity index (χ1) is 6.22. The average Bonchev–Trinajstić information content (AvgIpc) is 2.15. The third-order valence-electron chi connectivity index (χ3n) is 1.52. The van der Waals surface area contributed by atoms with Gasteiger partial charge in [-0.15, -0.1) is 0 Å². The first-order valence-electron chi connectivity index (χ1n) is 3.67. The van der Waals surface area contributed by atoms with Crippen LogP contribution in [0.3, 0.4) is 0 Å². The van der Waals surface area contributed by atoms with Gasteiger partial charge in [0, 0.05) is 4.92 Å². The smallest absolute Gasteiger partial charge is 0.211 e. The summed E-state index contributed by atoms with van der Waals surface area (Å²) in [5.74, 6) is 0. The summed E-state index contributed by atoms with van der Waals surface area (Å²) in [6, 6.07) is 8.60. The molecular weight excluding hydrogens is 168 g/mol. The number of hydrogen-bond donors (Lipinski definition) is 0. The lowest BCUT2D eigenvalue weighted by Crippen LogP contribution is -2.01. The van der Waals surface area contributed by atoms with E-state index < -0.39 is 4.92 Å². The van der Waals surface area contributed by atoms with Crippen LogP contribution in [0.4, 0.5) is 0 Å². The van der Waals surface area contributed by atoms with E-state index in [1.807, 2.05) is 6.07 Å². The number of nitrogens with zero attached hydrogens (tertiary/aromatic N) is 2. The van der Waals surface area contributed by atoms with Crippen molar-refractivity contribution in [1.29, 1.82) is 5.26 Å².